The summed E-state index contributed by atoms with van der Waals surface area (Å²) in [5.74, 6) is 0. The van der Waals surface area contributed by atoms with E-state index in [1.165, 1.54) is 16.6 Å². The van der Waals surface area contributed by atoms with Crippen LogP contribution in [0.5, 0.6) is 0 Å². The maximum atomic E-state index is 2.27. The second-order valence-electron chi connectivity index (χ2n) is 3.75. The van der Waals surface area contributed by atoms with Gasteiger partial charge < -0.3 is 0 Å². The predicted molar refractivity (Wildman–Crippen MR) is 66.7 cm³/mol. The maximum Gasteiger partial charge on any atom is -0.0396 e. The van der Waals surface area contributed by atoms with Gasteiger partial charge in [-0.25, -0.2) is 6.32 Å². The second kappa shape index (κ2) is 4.83. The van der Waals surface area contributed by atoms with E-state index in [2.05, 4.69) is 62.7 Å². The molecule has 0 fully saturated rings. The van der Waals surface area contributed by atoms with Gasteiger partial charge in [0, 0.05) is 0 Å². The normalized spacial score (nSPS) is 10.2. The van der Waals surface area contributed by atoms with Crippen molar-refractivity contribution >= 4 is 12.7 Å². The van der Waals surface area contributed by atoms with Crippen molar-refractivity contribution in [1.82, 2.24) is 0 Å². The van der Waals surface area contributed by atoms with Gasteiger partial charge in [0.2, 0.25) is 0 Å². The summed E-state index contributed by atoms with van der Waals surface area (Å²) in [6.45, 7) is 2.16. The third-order valence-electron chi connectivity index (χ3n) is 2.62. The van der Waals surface area contributed by atoms with Crippen LogP contribution in [0.25, 0.3) is 0 Å². The van der Waals surface area contributed by atoms with Gasteiger partial charge in [0.25, 0.3) is 0 Å². The first-order valence-electron chi connectivity index (χ1n) is 5.29. The predicted octanol–water partition coefficient (Wildman–Crippen LogP) is 2.52. The van der Waals surface area contributed by atoms with Crippen LogP contribution in [-0.4, -0.2) is 7.28 Å². The Hall–Kier alpha value is -1.50. The second-order valence-corrected chi connectivity index (χ2v) is 3.75. The van der Waals surface area contributed by atoms with Crippen LogP contribution < -0.4 is 5.46 Å². The van der Waals surface area contributed by atoms with Gasteiger partial charge in [0.15, 0.2) is 0 Å². The van der Waals surface area contributed by atoms with Gasteiger partial charge in [-0.05, 0) is 6.92 Å². The van der Waals surface area contributed by atoms with Gasteiger partial charge in [-0.1, -0.05) is 53.6 Å². The standard InChI is InChI=1S/C14H14B/c1-12-7-5-6-8-13(12)11-15-14-9-3-2-4-10-14/h2-10H,11H2,1H3/q-1. The van der Waals surface area contributed by atoms with Crippen LogP contribution in [0.15, 0.2) is 54.6 Å². The monoisotopic (exact) mass is 193 g/mol. The van der Waals surface area contributed by atoms with Crippen molar-refractivity contribution in [3.63, 3.8) is 0 Å². The van der Waals surface area contributed by atoms with E-state index in [-0.39, 0.29) is 0 Å². The van der Waals surface area contributed by atoms with Crippen LogP contribution in [0.3, 0.4) is 0 Å². The lowest BCUT2D eigenvalue weighted by Crippen LogP contribution is -2.16. The molecule has 2 rings (SSSR count). The lowest BCUT2D eigenvalue weighted by molar-refractivity contribution is 1.29. The molecule has 74 valence electrons. The molecule has 0 bridgehead atoms. The zero-order valence-corrected chi connectivity index (χ0v) is 8.98. The Balaban J connectivity index is 2.03. The van der Waals surface area contributed by atoms with Gasteiger partial charge >= 0.3 is 0 Å². The molecule has 2 radical (unpaired) electrons. The van der Waals surface area contributed by atoms with Gasteiger partial charge in [-0.3, -0.25) is 12.7 Å². The Morgan fingerprint density at radius 2 is 1.53 bits per heavy atom. The topological polar surface area (TPSA) is 0 Å². The van der Waals surface area contributed by atoms with Crippen molar-refractivity contribution in [2.45, 2.75) is 13.2 Å². The smallest absolute Gasteiger partial charge is 0.0396 e. The van der Waals surface area contributed by atoms with Crippen molar-refractivity contribution < 1.29 is 0 Å². The molecule has 2 aromatic rings. The zero-order chi connectivity index (χ0) is 10.5. The van der Waals surface area contributed by atoms with Crippen molar-refractivity contribution in [2.24, 2.45) is 0 Å². The molecule has 0 nitrogen and oxygen atoms in total. The molecule has 0 N–H and O–H groups in total. The summed E-state index contributed by atoms with van der Waals surface area (Å²) in [5.41, 5.74) is 4.06. The summed E-state index contributed by atoms with van der Waals surface area (Å²) in [6, 6.07) is 19.0. The van der Waals surface area contributed by atoms with E-state index in [4.69, 9.17) is 0 Å². The molecule has 15 heavy (non-hydrogen) atoms. The van der Waals surface area contributed by atoms with Gasteiger partial charge in [-0.2, -0.15) is 0 Å². The summed E-state index contributed by atoms with van der Waals surface area (Å²) < 4.78 is 0. The Morgan fingerprint density at radius 3 is 2.27 bits per heavy atom. The van der Waals surface area contributed by atoms with E-state index < -0.39 is 0 Å². The highest BCUT2D eigenvalue weighted by Gasteiger charge is 1.89. The summed E-state index contributed by atoms with van der Waals surface area (Å²) in [7, 11) is 2.27. The highest BCUT2D eigenvalue weighted by atomic mass is 13.9. The van der Waals surface area contributed by atoms with E-state index in [9.17, 15) is 0 Å². The number of aryl methyl sites for hydroxylation is 1. The number of rotatable bonds is 3. The minimum absolute atomic E-state index is 1.01. The SMILES string of the molecule is Cc1ccccc1C[B-]c1ccccc1. The van der Waals surface area contributed by atoms with Crippen LogP contribution in [0.4, 0.5) is 0 Å². The Labute approximate surface area is 92.2 Å². The van der Waals surface area contributed by atoms with Crippen LogP contribution >= 0.6 is 0 Å². The Bertz CT molecular complexity index is 420. The van der Waals surface area contributed by atoms with Crippen molar-refractivity contribution in [2.75, 3.05) is 0 Å². The maximum absolute atomic E-state index is 2.27. The zero-order valence-electron chi connectivity index (χ0n) is 8.98. The average Bonchev–Trinajstić information content (AvgIpc) is 2.29. The minimum Gasteiger partial charge on any atom is -0.291 e. The quantitative estimate of drug-likeness (QED) is 0.657. The van der Waals surface area contributed by atoms with Gasteiger partial charge in [-0.15, -0.1) is 12.1 Å². The molecule has 0 heterocycles. The molecule has 0 spiro atoms. The van der Waals surface area contributed by atoms with Crippen molar-refractivity contribution in [3.8, 4) is 0 Å². The molecule has 0 unspecified atom stereocenters. The summed E-state index contributed by atoms with van der Waals surface area (Å²) in [4.78, 5) is 0. The molecule has 0 aliphatic rings. The van der Waals surface area contributed by atoms with Crippen LogP contribution in [0.1, 0.15) is 11.1 Å². The van der Waals surface area contributed by atoms with Crippen molar-refractivity contribution in [1.29, 1.82) is 0 Å². The molecule has 0 atom stereocenters. The van der Waals surface area contributed by atoms with E-state index >= 15 is 0 Å². The number of benzene rings is 2. The summed E-state index contributed by atoms with van der Waals surface area (Å²) >= 11 is 0. The van der Waals surface area contributed by atoms with Crippen LogP contribution in [-0.2, 0) is 6.32 Å². The lowest BCUT2D eigenvalue weighted by Gasteiger charge is -2.17. The Morgan fingerprint density at radius 1 is 0.867 bits per heavy atom. The number of hydrogen-bond acceptors (Lipinski definition) is 0. The first kappa shape index (κ1) is 10.0. The third kappa shape index (κ3) is 2.72. The first-order chi connectivity index (χ1) is 7.36. The highest BCUT2D eigenvalue weighted by Crippen LogP contribution is 2.06. The fourth-order valence-corrected chi connectivity index (χ4v) is 1.66. The Kier molecular flexibility index (Phi) is 3.23. The number of hydrogen-bond donors (Lipinski definition) is 0. The lowest BCUT2D eigenvalue weighted by atomic mass is 9.65. The van der Waals surface area contributed by atoms with Crippen LogP contribution in [0.2, 0.25) is 0 Å². The minimum atomic E-state index is 1.01. The fraction of sp³-hybridized carbons (Fsp3) is 0.143. The summed E-state index contributed by atoms with van der Waals surface area (Å²) in [6.07, 6.45) is 1.01. The molecular formula is C14H14B-. The molecule has 0 aromatic heterocycles. The highest BCUT2D eigenvalue weighted by molar-refractivity contribution is 6.52. The molecule has 0 amide bonds. The van der Waals surface area contributed by atoms with Crippen molar-refractivity contribution in [3.05, 3.63) is 65.7 Å². The fourth-order valence-electron chi connectivity index (χ4n) is 1.66. The van der Waals surface area contributed by atoms with E-state index in [0.717, 1.165) is 6.32 Å². The van der Waals surface area contributed by atoms with Gasteiger partial charge in [0.1, 0.15) is 0 Å². The molecule has 0 aliphatic carbocycles. The molecule has 0 aliphatic heterocycles. The molecule has 0 saturated carbocycles. The van der Waals surface area contributed by atoms with E-state index in [1.807, 2.05) is 6.07 Å². The van der Waals surface area contributed by atoms with Gasteiger partial charge in [0.05, 0.1) is 0 Å². The molecular weight excluding hydrogens is 179 g/mol. The average molecular weight is 193 g/mol. The summed E-state index contributed by atoms with van der Waals surface area (Å²) in [5, 5.41) is 0. The molecule has 0 saturated heterocycles. The van der Waals surface area contributed by atoms with Crippen LogP contribution in [0, 0.1) is 6.92 Å². The van der Waals surface area contributed by atoms with E-state index in [0.29, 0.717) is 0 Å². The molecule has 1 heteroatoms. The largest absolute Gasteiger partial charge is 0.291 e. The third-order valence-corrected chi connectivity index (χ3v) is 2.62. The first-order valence-corrected chi connectivity index (χ1v) is 5.29. The molecule has 2 aromatic carbocycles. The van der Waals surface area contributed by atoms with E-state index in [1.54, 1.807) is 0 Å².